The van der Waals surface area contributed by atoms with Gasteiger partial charge in [0.05, 0.1) is 12.6 Å². The highest BCUT2D eigenvalue weighted by molar-refractivity contribution is 5.68. The van der Waals surface area contributed by atoms with Crippen molar-refractivity contribution in [2.45, 2.75) is 19.9 Å². The minimum Gasteiger partial charge on any atom is -0.449 e. The molecule has 1 N–H and O–H groups in total. The van der Waals surface area contributed by atoms with E-state index in [1.807, 2.05) is 36.9 Å². The lowest BCUT2D eigenvalue weighted by atomic mass is 10.0. The molecular weight excluding hydrogens is 240 g/mol. The number of nitrogens with zero attached hydrogens (tertiary/aromatic N) is 1. The van der Waals surface area contributed by atoms with Gasteiger partial charge in [0, 0.05) is 19.6 Å². The van der Waals surface area contributed by atoms with Crippen molar-refractivity contribution in [2.75, 3.05) is 26.2 Å². The second-order valence-corrected chi connectivity index (χ2v) is 5.29. The molecule has 1 aliphatic rings. The van der Waals surface area contributed by atoms with E-state index in [1.54, 1.807) is 0 Å². The summed E-state index contributed by atoms with van der Waals surface area (Å²) >= 11 is 0. The zero-order valence-electron chi connectivity index (χ0n) is 11.6. The molecule has 2 rings (SSSR count). The Kier molecular flexibility index (Phi) is 4.80. The van der Waals surface area contributed by atoms with Crippen LogP contribution < -0.4 is 5.32 Å². The number of hydrogen-bond acceptors (Lipinski definition) is 3. The lowest BCUT2D eigenvalue weighted by Gasteiger charge is -2.35. The molecule has 1 fully saturated rings. The van der Waals surface area contributed by atoms with Crippen LogP contribution in [0.2, 0.25) is 0 Å². The molecule has 1 aromatic rings. The van der Waals surface area contributed by atoms with Crippen LogP contribution in [0.5, 0.6) is 0 Å². The monoisotopic (exact) mass is 262 g/mol. The molecule has 1 amide bonds. The van der Waals surface area contributed by atoms with Gasteiger partial charge in [-0.2, -0.15) is 0 Å². The van der Waals surface area contributed by atoms with Crippen molar-refractivity contribution in [3.8, 4) is 0 Å². The van der Waals surface area contributed by atoms with Crippen LogP contribution in [-0.4, -0.2) is 37.2 Å². The number of amides is 1. The van der Waals surface area contributed by atoms with Crippen LogP contribution in [0.25, 0.3) is 0 Å². The minimum atomic E-state index is -0.205. The highest BCUT2D eigenvalue weighted by atomic mass is 16.6. The first-order chi connectivity index (χ1) is 9.18. The van der Waals surface area contributed by atoms with Gasteiger partial charge < -0.3 is 10.1 Å². The van der Waals surface area contributed by atoms with E-state index in [1.165, 1.54) is 0 Å². The second kappa shape index (κ2) is 6.57. The summed E-state index contributed by atoms with van der Waals surface area (Å²) in [6.07, 6.45) is -0.205. The number of carbonyl (C=O) groups is 1. The second-order valence-electron chi connectivity index (χ2n) is 5.29. The van der Waals surface area contributed by atoms with E-state index in [9.17, 15) is 4.79 Å². The molecule has 19 heavy (non-hydrogen) atoms. The normalized spacial score (nSPS) is 19.5. The van der Waals surface area contributed by atoms with Crippen LogP contribution in [0.3, 0.4) is 0 Å². The van der Waals surface area contributed by atoms with Crippen molar-refractivity contribution in [2.24, 2.45) is 5.92 Å². The number of ether oxygens (including phenoxy) is 1. The maximum Gasteiger partial charge on any atom is 0.410 e. The smallest absolute Gasteiger partial charge is 0.410 e. The predicted molar refractivity (Wildman–Crippen MR) is 74.9 cm³/mol. The van der Waals surface area contributed by atoms with Gasteiger partial charge in [0.1, 0.15) is 0 Å². The average molecular weight is 262 g/mol. The van der Waals surface area contributed by atoms with Gasteiger partial charge in [0.15, 0.2) is 0 Å². The molecule has 1 unspecified atom stereocenters. The fraction of sp³-hybridized carbons (Fsp3) is 0.533. The predicted octanol–water partition coefficient (Wildman–Crippen LogP) is 2.43. The average Bonchev–Trinajstić information content (AvgIpc) is 2.45. The molecule has 1 heterocycles. The molecule has 4 nitrogen and oxygen atoms in total. The highest BCUT2D eigenvalue weighted by Crippen LogP contribution is 2.22. The van der Waals surface area contributed by atoms with E-state index < -0.39 is 0 Å². The van der Waals surface area contributed by atoms with E-state index >= 15 is 0 Å². The van der Waals surface area contributed by atoms with Gasteiger partial charge in [0.25, 0.3) is 0 Å². The largest absolute Gasteiger partial charge is 0.449 e. The van der Waals surface area contributed by atoms with Gasteiger partial charge in [-0.25, -0.2) is 4.79 Å². The summed E-state index contributed by atoms with van der Waals surface area (Å²) in [5, 5.41) is 3.33. The Balaban J connectivity index is 2.06. The lowest BCUT2D eigenvalue weighted by Crippen LogP contribution is -2.49. The topological polar surface area (TPSA) is 41.6 Å². The van der Waals surface area contributed by atoms with Crippen molar-refractivity contribution in [3.05, 3.63) is 35.9 Å². The summed E-state index contributed by atoms with van der Waals surface area (Å²) in [5.74, 6) is 0.363. The highest BCUT2D eigenvalue weighted by Gasteiger charge is 2.28. The van der Waals surface area contributed by atoms with E-state index in [0.717, 1.165) is 18.7 Å². The van der Waals surface area contributed by atoms with Crippen molar-refractivity contribution < 1.29 is 9.53 Å². The summed E-state index contributed by atoms with van der Waals surface area (Å²) in [7, 11) is 0. The van der Waals surface area contributed by atoms with Gasteiger partial charge >= 0.3 is 6.09 Å². The van der Waals surface area contributed by atoms with Crippen molar-refractivity contribution in [1.82, 2.24) is 10.2 Å². The summed E-state index contributed by atoms with van der Waals surface area (Å²) in [6.45, 7) is 6.85. The Bertz CT molecular complexity index is 406. The number of carbonyl (C=O) groups excluding carboxylic acids is 1. The third kappa shape index (κ3) is 3.70. The van der Waals surface area contributed by atoms with Crippen LogP contribution in [0.4, 0.5) is 4.79 Å². The number of hydrogen-bond donors (Lipinski definition) is 1. The fourth-order valence-corrected chi connectivity index (χ4v) is 2.22. The Morgan fingerprint density at radius 1 is 1.42 bits per heavy atom. The van der Waals surface area contributed by atoms with Crippen LogP contribution in [0.1, 0.15) is 25.5 Å². The summed E-state index contributed by atoms with van der Waals surface area (Å²) in [5.41, 5.74) is 1.15. The van der Waals surface area contributed by atoms with Crippen LogP contribution in [-0.2, 0) is 4.74 Å². The Morgan fingerprint density at radius 3 is 2.84 bits per heavy atom. The number of rotatable bonds is 3. The summed E-state index contributed by atoms with van der Waals surface area (Å²) in [6, 6.07) is 10.2. The van der Waals surface area contributed by atoms with Crippen LogP contribution in [0.15, 0.2) is 30.3 Å². The van der Waals surface area contributed by atoms with Gasteiger partial charge in [-0.1, -0.05) is 44.2 Å². The van der Waals surface area contributed by atoms with Crippen LogP contribution in [0, 0.1) is 5.92 Å². The summed E-state index contributed by atoms with van der Waals surface area (Å²) < 4.78 is 5.35. The van der Waals surface area contributed by atoms with E-state index in [0.29, 0.717) is 19.1 Å². The molecule has 1 saturated heterocycles. The molecule has 0 radical (unpaired) electrons. The molecule has 0 aromatic heterocycles. The van der Waals surface area contributed by atoms with Gasteiger partial charge in [0.2, 0.25) is 0 Å². The third-order valence-electron chi connectivity index (χ3n) is 3.20. The standard InChI is InChI=1S/C15H22N2O2/c1-12(2)11-19-15(18)17-9-8-16-10-14(17)13-6-4-3-5-7-13/h3-7,12,14,16H,8-11H2,1-2H3. The van der Waals surface area contributed by atoms with Crippen molar-refractivity contribution >= 4 is 6.09 Å². The Morgan fingerprint density at radius 2 is 2.16 bits per heavy atom. The van der Waals surface area contributed by atoms with Crippen molar-refractivity contribution in [1.29, 1.82) is 0 Å². The van der Waals surface area contributed by atoms with Crippen molar-refractivity contribution in [3.63, 3.8) is 0 Å². The Hall–Kier alpha value is -1.55. The SMILES string of the molecule is CC(C)COC(=O)N1CCNCC1c1ccccc1. The van der Waals surface area contributed by atoms with Gasteiger partial charge in [-0.3, -0.25) is 4.90 Å². The van der Waals surface area contributed by atoms with Gasteiger partial charge in [-0.15, -0.1) is 0 Å². The molecule has 1 aliphatic heterocycles. The lowest BCUT2D eigenvalue weighted by molar-refractivity contribution is 0.0692. The number of nitrogens with one attached hydrogen (secondary N) is 1. The zero-order chi connectivity index (χ0) is 13.7. The molecule has 0 aliphatic carbocycles. The van der Waals surface area contributed by atoms with E-state index in [2.05, 4.69) is 17.4 Å². The van der Waals surface area contributed by atoms with E-state index in [-0.39, 0.29) is 12.1 Å². The van der Waals surface area contributed by atoms with Gasteiger partial charge in [-0.05, 0) is 11.5 Å². The fourth-order valence-electron chi connectivity index (χ4n) is 2.22. The number of benzene rings is 1. The first-order valence-corrected chi connectivity index (χ1v) is 6.87. The first-order valence-electron chi connectivity index (χ1n) is 6.87. The maximum atomic E-state index is 12.2. The molecular formula is C15H22N2O2. The molecule has 0 spiro atoms. The zero-order valence-corrected chi connectivity index (χ0v) is 11.6. The molecule has 1 aromatic carbocycles. The molecule has 0 bridgehead atoms. The Labute approximate surface area is 114 Å². The molecule has 104 valence electrons. The number of piperazine rings is 1. The molecule has 1 atom stereocenters. The molecule has 0 saturated carbocycles. The van der Waals surface area contributed by atoms with Crippen LogP contribution >= 0.6 is 0 Å². The summed E-state index contributed by atoms with van der Waals surface area (Å²) in [4.78, 5) is 14.0. The quantitative estimate of drug-likeness (QED) is 0.909. The minimum absolute atomic E-state index is 0.0645. The maximum absolute atomic E-state index is 12.2. The third-order valence-corrected chi connectivity index (χ3v) is 3.20. The van der Waals surface area contributed by atoms with E-state index in [4.69, 9.17) is 4.74 Å². The molecule has 4 heteroatoms. The first kappa shape index (κ1) is 13.9.